The zero-order valence-electron chi connectivity index (χ0n) is 13.2. The van der Waals surface area contributed by atoms with E-state index in [0.717, 1.165) is 39.6 Å². The largest absolute Gasteiger partial charge is 0.434 e. The molecule has 0 aliphatic carbocycles. The Morgan fingerprint density at radius 2 is 2.04 bits per heavy atom. The van der Waals surface area contributed by atoms with Crippen LogP contribution in [-0.2, 0) is 6.18 Å². The lowest BCUT2D eigenvalue weighted by Crippen LogP contribution is -2.23. The first-order chi connectivity index (χ1) is 12.4. The van der Waals surface area contributed by atoms with Crippen LogP contribution < -0.4 is 4.90 Å². The third kappa shape index (κ3) is 3.23. The van der Waals surface area contributed by atoms with Gasteiger partial charge in [0.2, 0.25) is 11.7 Å². The molecule has 0 saturated carbocycles. The summed E-state index contributed by atoms with van der Waals surface area (Å²) in [6.45, 7) is 0.599. The van der Waals surface area contributed by atoms with Gasteiger partial charge in [0.1, 0.15) is 6.04 Å². The van der Waals surface area contributed by atoms with Gasteiger partial charge in [0.25, 0.3) is 0 Å². The highest BCUT2D eigenvalue weighted by atomic mass is 79.9. The fourth-order valence-electron chi connectivity index (χ4n) is 2.90. The van der Waals surface area contributed by atoms with Crippen molar-refractivity contribution in [2.75, 3.05) is 11.4 Å². The number of nitrogens with zero attached hydrogens (tertiary/aromatic N) is 4. The molecule has 1 atom stereocenters. The predicted octanol–water partition coefficient (Wildman–Crippen LogP) is 5.32. The monoisotopic (exact) mass is 444 g/mol. The van der Waals surface area contributed by atoms with Gasteiger partial charge in [-0.3, -0.25) is 0 Å². The Morgan fingerprint density at radius 1 is 1.23 bits per heavy atom. The van der Waals surface area contributed by atoms with E-state index in [4.69, 9.17) is 4.52 Å². The number of halogens is 4. The average molecular weight is 445 g/mol. The van der Waals surface area contributed by atoms with Crippen molar-refractivity contribution >= 4 is 32.4 Å². The molecule has 26 heavy (non-hydrogen) atoms. The number of hydrogen-bond donors (Lipinski definition) is 0. The Labute approximate surface area is 159 Å². The summed E-state index contributed by atoms with van der Waals surface area (Å²) in [6.07, 6.45) is -2.90. The molecule has 0 N–H and O–H groups in total. The summed E-state index contributed by atoms with van der Waals surface area (Å²) in [4.78, 5) is 10.0. The van der Waals surface area contributed by atoms with Crippen molar-refractivity contribution < 1.29 is 17.7 Å². The molecule has 1 aromatic carbocycles. The number of alkyl halides is 3. The second kappa shape index (κ2) is 6.66. The van der Waals surface area contributed by atoms with Crippen molar-refractivity contribution in [3.05, 3.63) is 45.7 Å². The number of aromatic nitrogens is 3. The number of rotatable bonds is 3. The summed E-state index contributed by atoms with van der Waals surface area (Å²) in [5.74, 6) is 0.825. The van der Waals surface area contributed by atoms with Crippen molar-refractivity contribution in [3.63, 3.8) is 0 Å². The normalized spacial score (nSPS) is 17.8. The Balaban J connectivity index is 1.62. The summed E-state index contributed by atoms with van der Waals surface area (Å²) in [5.41, 5.74) is -0.0803. The van der Waals surface area contributed by atoms with E-state index >= 15 is 0 Å². The van der Waals surface area contributed by atoms with Crippen molar-refractivity contribution in [2.45, 2.75) is 25.1 Å². The lowest BCUT2D eigenvalue weighted by Gasteiger charge is -2.20. The van der Waals surface area contributed by atoms with Crippen molar-refractivity contribution in [2.24, 2.45) is 0 Å². The number of anilines is 1. The molecule has 0 radical (unpaired) electrons. The maximum atomic E-state index is 12.8. The van der Waals surface area contributed by atoms with Gasteiger partial charge in [-0.2, -0.15) is 18.2 Å². The maximum absolute atomic E-state index is 12.8. The van der Waals surface area contributed by atoms with Crippen LogP contribution in [0.25, 0.3) is 11.4 Å². The molecule has 2 aromatic heterocycles. The number of hydrogen-bond acceptors (Lipinski definition) is 6. The van der Waals surface area contributed by atoms with E-state index < -0.39 is 11.9 Å². The van der Waals surface area contributed by atoms with E-state index in [9.17, 15) is 13.2 Å². The van der Waals surface area contributed by atoms with Gasteiger partial charge in [-0.1, -0.05) is 33.2 Å². The molecule has 1 unspecified atom stereocenters. The van der Waals surface area contributed by atoms with Gasteiger partial charge in [-0.05, 0) is 25.0 Å². The van der Waals surface area contributed by atoms with Crippen LogP contribution in [0.4, 0.5) is 18.3 Å². The van der Waals surface area contributed by atoms with Crippen LogP contribution in [0.15, 0.2) is 38.6 Å². The van der Waals surface area contributed by atoms with E-state index in [1.165, 1.54) is 0 Å². The van der Waals surface area contributed by atoms with Crippen LogP contribution in [0.3, 0.4) is 0 Å². The number of thiazole rings is 1. The van der Waals surface area contributed by atoms with Gasteiger partial charge in [0.15, 0.2) is 10.8 Å². The van der Waals surface area contributed by atoms with Crippen molar-refractivity contribution in [1.82, 2.24) is 15.1 Å². The van der Waals surface area contributed by atoms with E-state index in [1.807, 2.05) is 24.3 Å². The van der Waals surface area contributed by atoms with E-state index in [-0.39, 0.29) is 6.04 Å². The molecule has 0 amide bonds. The SMILES string of the molecule is FC(F)(F)c1csc(N2CCCC2c2nc(-c3ccccc3Br)no2)n1. The topological polar surface area (TPSA) is 55.1 Å². The van der Waals surface area contributed by atoms with E-state index in [1.54, 1.807) is 4.90 Å². The lowest BCUT2D eigenvalue weighted by atomic mass is 10.2. The second-order valence-corrected chi connectivity index (χ2v) is 7.49. The maximum Gasteiger partial charge on any atom is 0.434 e. The van der Waals surface area contributed by atoms with Crippen LogP contribution in [0, 0.1) is 0 Å². The molecular formula is C16H12BrF3N4OS. The molecule has 1 fully saturated rings. The molecule has 1 aliphatic heterocycles. The fraction of sp³-hybridized carbons (Fsp3) is 0.312. The summed E-state index contributed by atoms with van der Waals surface area (Å²) < 4.78 is 44.7. The first-order valence-corrected chi connectivity index (χ1v) is 9.48. The van der Waals surface area contributed by atoms with E-state index in [0.29, 0.717) is 23.4 Å². The van der Waals surface area contributed by atoms with Crippen LogP contribution in [0.5, 0.6) is 0 Å². The predicted molar refractivity (Wildman–Crippen MR) is 93.9 cm³/mol. The zero-order valence-corrected chi connectivity index (χ0v) is 15.6. The van der Waals surface area contributed by atoms with Gasteiger partial charge in [-0.15, -0.1) is 11.3 Å². The molecule has 0 spiro atoms. The second-order valence-electron chi connectivity index (χ2n) is 5.80. The van der Waals surface area contributed by atoms with Crippen molar-refractivity contribution in [1.29, 1.82) is 0 Å². The summed E-state index contributed by atoms with van der Waals surface area (Å²) in [5, 5.41) is 5.38. The van der Waals surface area contributed by atoms with Gasteiger partial charge in [0.05, 0.1) is 0 Å². The van der Waals surface area contributed by atoms with Crippen molar-refractivity contribution in [3.8, 4) is 11.4 Å². The van der Waals surface area contributed by atoms with Crippen LogP contribution >= 0.6 is 27.3 Å². The minimum absolute atomic E-state index is 0.272. The minimum Gasteiger partial charge on any atom is -0.337 e. The third-order valence-electron chi connectivity index (χ3n) is 4.12. The fourth-order valence-corrected chi connectivity index (χ4v) is 4.27. The van der Waals surface area contributed by atoms with Gasteiger partial charge < -0.3 is 9.42 Å². The third-order valence-corrected chi connectivity index (χ3v) is 5.69. The summed E-state index contributed by atoms with van der Waals surface area (Å²) >= 11 is 4.42. The zero-order chi connectivity index (χ0) is 18.3. The molecule has 136 valence electrons. The van der Waals surface area contributed by atoms with Crippen LogP contribution in [-0.4, -0.2) is 21.7 Å². The lowest BCUT2D eigenvalue weighted by molar-refractivity contribution is -0.140. The molecule has 3 aromatic rings. The van der Waals surface area contributed by atoms with Gasteiger partial charge in [-0.25, -0.2) is 4.98 Å². The molecule has 3 heterocycles. The number of benzene rings is 1. The standard InChI is InChI=1S/C16H12BrF3N4OS/c17-10-5-2-1-4-9(10)13-22-14(25-23-13)11-6-3-7-24(11)15-21-12(8-26-15)16(18,19)20/h1-2,4-5,8,11H,3,6-7H2. The molecule has 1 saturated heterocycles. The Bertz CT molecular complexity index is 926. The van der Waals surface area contributed by atoms with Crippen LogP contribution in [0.1, 0.15) is 30.5 Å². The highest BCUT2D eigenvalue weighted by molar-refractivity contribution is 9.10. The highest BCUT2D eigenvalue weighted by Crippen LogP contribution is 2.40. The quantitative estimate of drug-likeness (QED) is 0.547. The van der Waals surface area contributed by atoms with Gasteiger partial charge in [0, 0.05) is 22.0 Å². The summed E-state index contributed by atoms with van der Waals surface area (Å²) in [7, 11) is 0. The minimum atomic E-state index is -4.44. The molecule has 1 aliphatic rings. The van der Waals surface area contributed by atoms with E-state index in [2.05, 4.69) is 31.1 Å². The molecule has 10 heteroatoms. The smallest absolute Gasteiger partial charge is 0.337 e. The average Bonchev–Trinajstić information content (AvgIpc) is 3.33. The van der Waals surface area contributed by atoms with Crippen LogP contribution in [0.2, 0.25) is 0 Å². The molecular weight excluding hydrogens is 433 g/mol. The molecule has 4 rings (SSSR count). The first-order valence-electron chi connectivity index (χ1n) is 7.81. The Morgan fingerprint density at radius 3 is 2.77 bits per heavy atom. The Hall–Kier alpha value is -1.94. The Kier molecular flexibility index (Phi) is 4.47. The highest BCUT2D eigenvalue weighted by Gasteiger charge is 2.37. The summed E-state index contributed by atoms with van der Waals surface area (Å²) in [6, 6.07) is 7.22. The molecule has 0 bridgehead atoms. The first kappa shape index (κ1) is 17.5. The molecule has 5 nitrogen and oxygen atoms in total. The van der Waals surface area contributed by atoms with Gasteiger partial charge >= 0.3 is 6.18 Å².